The van der Waals surface area contributed by atoms with Gasteiger partial charge in [0.2, 0.25) is 11.4 Å². The third kappa shape index (κ3) is 2.52. The summed E-state index contributed by atoms with van der Waals surface area (Å²) < 4.78 is 18.3. The van der Waals surface area contributed by atoms with Crippen LogP contribution in [0.2, 0.25) is 0 Å². The number of aromatic nitrogens is 1. The highest BCUT2D eigenvalue weighted by Gasteiger charge is 2.25. The zero-order valence-electron chi connectivity index (χ0n) is 11.1. The molecule has 5 nitrogen and oxygen atoms in total. The Kier molecular flexibility index (Phi) is 3.63. The summed E-state index contributed by atoms with van der Waals surface area (Å²) in [7, 11) is 1.91. The van der Waals surface area contributed by atoms with Gasteiger partial charge in [0, 0.05) is 19.4 Å². The largest absolute Gasteiger partial charge is 0.420 e. The summed E-state index contributed by atoms with van der Waals surface area (Å²) in [5.41, 5.74) is 2.77. The lowest BCUT2D eigenvalue weighted by Crippen LogP contribution is -2.34. The maximum absolute atomic E-state index is 11.2. The summed E-state index contributed by atoms with van der Waals surface area (Å²) in [5.74, 6) is 0.255. The van der Waals surface area contributed by atoms with Crippen LogP contribution < -0.4 is 9.30 Å². The third-order valence-corrected chi connectivity index (χ3v) is 3.05. The molecular formula is C13H18NO4+. The SMILES string of the molecule is CC(=O)Oc1c2c(c[n+](C)c1C)COC(C)OC2. The minimum atomic E-state index is -0.329. The molecule has 2 heterocycles. The monoisotopic (exact) mass is 252 g/mol. The molecular weight excluding hydrogens is 234 g/mol. The Hall–Kier alpha value is -1.46. The number of hydrogen-bond donors (Lipinski definition) is 0. The second kappa shape index (κ2) is 5.04. The van der Waals surface area contributed by atoms with Crippen LogP contribution in [0.1, 0.15) is 30.7 Å². The van der Waals surface area contributed by atoms with Crippen molar-refractivity contribution in [3.63, 3.8) is 0 Å². The Bertz CT molecular complexity index is 484. The number of hydrogen-bond acceptors (Lipinski definition) is 4. The molecule has 2 rings (SSSR count). The van der Waals surface area contributed by atoms with Gasteiger partial charge in [0.25, 0.3) is 0 Å². The molecule has 0 amide bonds. The summed E-state index contributed by atoms with van der Waals surface area (Å²) in [6, 6.07) is 0. The molecule has 1 aliphatic rings. The first-order valence-corrected chi connectivity index (χ1v) is 5.91. The lowest BCUT2D eigenvalue weighted by molar-refractivity contribution is -0.678. The van der Waals surface area contributed by atoms with Gasteiger partial charge in [-0.05, 0) is 6.92 Å². The molecule has 0 radical (unpaired) electrons. The van der Waals surface area contributed by atoms with E-state index >= 15 is 0 Å². The van der Waals surface area contributed by atoms with Crippen LogP contribution in [-0.2, 0) is 34.5 Å². The number of esters is 1. The van der Waals surface area contributed by atoms with Crippen LogP contribution in [0.15, 0.2) is 6.20 Å². The Balaban J connectivity index is 2.50. The minimum absolute atomic E-state index is 0.256. The molecule has 0 saturated carbocycles. The van der Waals surface area contributed by atoms with E-state index in [2.05, 4.69) is 0 Å². The zero-order valence-corrected chi connectivity index (χ0v) is 11.1. The smallest absolute Gasteiger partial charge is 0.308 e. The number of nitrogens with zero attached hydrogens (tertiary/aromatic N) is 1. The molecule has 1 unspecified atom stereocenters. The number of carbonyl (C=O) groups is 1. The van der Waals surface area contributed by atoms with Crippen molar-refractivity contribution >= 4 is 5.97 Å². The second-order valence-corrected chi connectivity index (χ2v) is 4.44. The predicted molar refractivity (Wildman–Crippen MR) is 62.7 cm³/mol. The fourth-order valence-electron chi connectivity index (χ4n) is 1.95. The molecule has 1 aliphatic heterocycles. The number of aryl methyl sites for hydroxylation is 1. The standard InChI is InChI=1S/C13H18NO4/c1-8-13(18-9(2)15)12-7-17-10(3)16-6-11(12)5-14(8)4/h5,10H,6-7H2,1-4H3/q+1. The van der Waals surface area contributed by atoms with Crippen molar-refractivity contribution in [2.24, 2.45) is 7.05 Å². The van der Waals surface area contributed by atoms with Gasteiger partial charge < -0.3 is 14.2 Å². The molecule has 0 aromatic carbocycles. The highest BCUT2D eigenvalue weighted by molar-refractivity contribution is 5.70. The van der Waals surface area contributed by atoms with Crippen molar-refractivity contribution in [1.82, 2.24) is 0 Å². The zero-order chi connectivity index (χ0) is 13.3. The number of fused-ring (bicyclic) bond motifs is 1. The Morgan fingerprint density at radius 3 is 2.78 bits per heavy atom. The van der Waals surface area contributed by atoms with Crippen LogP contribution in [0.4, 0.5) is 0 Å². The van der Waals surface area contributed by atoms with Crippen LogP contribution in [0.5, 0.6) is 5.75 Å². The fraction of sp³-hybridized carbons (Fsp3) is 0.538. The molecule has 0 spiro atoms. The summed E-state index contributed by atoms with van der Waals surface area (Å²) >= 11 is 0. The first-order valence-electron chi connectivity index (χ1n) is 5.91. The lowest BCUT2D eigenvalue weighted by Gasteiger charge is -2.11. The minimum Gasteiger partial charge on any atom is -0.420 e. The van der Waals surface area contributed by atoms with Crippen molar-refractivity contribution in [3.05, 3.63) is 23.0 Å². The summed E-state index contributed by atoms with van der Waals surface area (Å²) in [6.07, 6.45) is 1.73. The van der Waals surface area contributed by atoms with Gasteiger partial charge in [-0.25, -0.2) is 4.57 Å². The van der Waals surface area contributed by atoms with Crippen LogP contribution in [0.25, 0.3) is 0 Å². The molecule has 98 valence electrons. The van der Waals surface area contributed by atoms with Gasteiger partial charge >= 0.3 is 5.97 Å². The van der Waals surface area contributed by atoms with Crippen LogP contribution >= 0.6 is 0 Å². The summed E-state index contributed by atoms with van der Waals surface area (Å²) in [4.78, 5) is 11.2. The molecule has 1 atom stereocenters. The molecule has 0 bridgehead atoms. The van der Waals surface area contributed by atoms with Gasteiger partial charge in [-0.3, -0.25) is 4.79 Å². The van der Waals surface area contributed by atoms with E-state index in [0.29, 0.717) is 19.0 Å². The van der Waals surface area contributed by atoms with Crippen molar-refractivity contribution in [2.45, 2.75) is 40.3 Å². The van der Waals surface area contributed by atoms with Gasteiger partial charge in [0.05, 0.1) is 18.8 Å². The van der Waals surface area contributed by atoms with Gasteiger partial charge in [-0.15, -0.1) is 0 Å². The van der Waals surface area contributed by atoms with E-state index in [1.807, 2.05) is 31.7 Å². The average Bonchev–Trinajstić information content (AvgIpc) is 2.47. The maximum Gasteiger partial charge on any atom is 0.308 e. The van der Waals surface area contributed by atoms with Crippen LogP contribution in [0.3, 0.4) is 0 Å². The van der Waals surface area contributed by atoms with E-state index in [4.69, 9.17) is 14.2 Å². The molecule has 0 N–H and O–H groups in total. The Morgan fingerprint density at radius 2 is 2.11 bits per heavy atom. The molecule has 5 heteroatoms. The number of ether oxygens (including phenoxy) is 3. The summed E-state index contributed by atoms with van der Waals surface area (Å²) in [5, 5.41) is 0. The van der Waals surface area contributed by atoms with Gasteiger partial charge in [0.1, 0.15) is 7.05 Å². The van der Waals surface area contributed by atoms with Crippen LogP contribution in [0, 0.1) is 6.92 Å². The summed E-state index contributed by atoms with van der Waals surface area (Å²) in [6.45, 7) is 6.01. The molecule has 1 aromatic heterocycles. The highest BCUT2D eigenvalue weighted by Crippen LogP contribution is 2.28. The van der Waals surface area contributed by atoms with E-state index in [9.17, 15) is 4.79 Å². The Labute approximate surface area is 106 Å². The third-order valence-electron chi connectivity index (χ3n) is 3.05. The van der Waals surface area contributed by atoms with E-state index < -0.39 is 0 Å². The van der Waals surface area contributed by atoms with E-state index in [0.717, 1.165) is 16.8 Å². The molecule has 0 aliphatic carbocycles. The molecule has 0 saturated heterocycles. The topological polar surface area (TPSA) is 48.6 Å². The van der Waals surface area contributed by atoms with Crippen molar-refractivity contribution in [3.8, 4) is 5.75 Å². The molecule has 18 heavy (non-hydrogen) atoms. The van der Waals surface area contributed by atoms with E-state index in [1.54, 1.807) is 0 Å². The normalized spacial score (nSPS) is 19.0. The van der Waals surface area contributed by atoms with Crippen molar-refractivity contribution in [1.29, 1.82) is 0 Å². The first-order chi connectivity index (χ1) is 8.49. The van der Waals surface area contributed by atoms with Gasteiger partial charge in [0.15, 0.2) is 12.5 Å². The fourth-order valence-corrected chi connectivity index (χ4v) is 1.95. The predicted octanol–water partition coefficient (Wildman–Crippen LogP) is 1.14. The number of carbonyl (C=O) groups excluding carboxylic acids is 1. The maximum atomic E-state index is 11.2. The van der Waals surface area contributed by atoms with Crippen molar-refractivity contribution in [2.75, 3.05) is 0 Å². The van der Waals surface area contributed by atoms with Gasteiger partial charge in [-0.1, -0.05) is 0 Å². The highest BCUT2D eigenvalue weighted by atomic mass is 16.7. The average molecular weight is 252 g/mol. The van der Waals surface area contributed by atoms with Crippen molar-refractivity contribution < 1.29 is 23.6 Å². The van der Waals surface area contributed by atoms with E-state index in [-0.39, 0.29) is 12.3 Å². The first kappa shape index (κ1) is 13.0. The Morgan fingerprint density at radius 1 is 1.44 bits per heavy atom. The molecule has 0 fully saturated rings. The van der Waals surface area contributed by atoms with E-state index in [1.165, 1.54) is 6.92 Å². The van der Waals surface area contributed by atoms with Gasteiger partial charge in [-0.2, -0.15) is 0 Å². The lowest BCUT2D eigenvalue weighted by atomic mass is 10.1. The number of rotatable bonds is 1. The number of pyridine rings is 1. The van der Waals surface area contributed by atoms with Crippen LogP contribution in [-0.4, -0.2) is 12.3 Å². The second-order valence-electron chi connectivity index (χ2n) is 4.44. The molecule has 1 aromatic rings. The quantitative estimate of drug-likeness (QED) is 0.555.